The number of rotatable bonds is 7. The number of urea groups is 1. The van der Waals surface area contributed by atoms with Crippen molar-refractivity contribution in [3.8, 4) is 5.75 Å². The lowest BCUT2D eigenvalue weighted by molar-refractivity contribution is 0.161. The van der Waals surface area contributed by atoms with Crippen LogP contribution in [0.3, 0.4) is 0 Å². The van der Waals surface area contributed by atoms with E-state index in [9.17, 15) is 17.6 Å². The van der Waals surface area contributed by atoms with Crippen LogP contribution in [0.2, 0.25) is 0 Å². The van der Waals surface area contributed by atoms with Crippen molar-refractivity contribution in [3.63, 3.8) is 0 Å². The smallest absolute Gasteiger partial charge is 0.339 e. The maximum Gasteiger partial charge on any atom is 0.339 e. The molecule has 1 aromatic heterocycles. The third kappa shape index (κ3) is 5.38. The zero-order chi connectivity index (χ0) is 21.7. The fourth-order valence-electron chi connectivity index (χ4n) is 2.76. The van der Waals surface area contributed by atoms with Crippen molar-refractivity contribution in [2.24, 2.45) is 0 Å². The summed E-state index contributed by atoms with van der Waals surface area (Å²) in [6.45, 7) is 0.467. The summed E-state index contributed by atoms with van der Waals surface area (Å²) < 4.78 is 48.4. The van der Waals surface area contributed by atoms with Crippen LogP contribution < -0.4 is 4.18 Å². The molecule has 0 fully saturated rings. The van der Waals surface area contributed by atoms with Gasteiger partial charge in [0.1, 0.15) is 22.2 Å². The summed E-state index contributed by atoms with van der Waals surface area (Å²) in [7, 11) is -0.826. The summed E-state index contributed by atoms with van der Waals surface area (Å²) in [6.07, 6.45) is 1.53. The summed E-state index contributed by atoms with van der Waals surface area (Å²) in [4.78, 5) is 15.4. The van der Waals surface area contributed by atoms with Crippen LogP contribution in [0, 0.1) is 5.82 Å². The number of furan rings is 1. The lowest BCUT2D eigenvalue weighted by Crippen LogP contribution is -2.38. The maximum absolute atomic E-state index is 13.1. The van der Waals surface area contributed by atoms with Gasteiger partial charge in [-0.2, -0.15) is 8.42 Å². The van der Waals surface area contributed by atoms with Gasteiger partial charge in [0.25, 0.3) is 0 Å². The molecule has 0 aliphatic carbocycles. The van der Waals surface area contributed by atoms with Gasteiger partial charge in [-0.15, -0.1) is 0 Å². The number of amides is 2. The summed E-state index contributed by atoms with van der Waals surface area (Å²) in [6, 6.07) is 14.1. The Labute approximate surface area is 174 Å². The molecule has 0 spiro atoms. The summed E-state index contributed by atoms with van der Waals surface area (Å²) in [5.74, 6) is 0.168. The molecule has 2 amide bonds. The van der Waals surface area contributed by atoms with E-state index in [0.29, 0.717) is 11.3 Å². The fourth-order valence-corrected chi connectivity index (χ4v) is 3.68. The molecule has 0 atom stereocenters. The van der Waals surface area contributed by atoms with E-state index >= 15 is 0 Å². The normalized spacial score (nSPS) is 11.2. The highest BCUT2D eigenvalue weighted by Gasteiger charge is 2.20. The minimum atomic E-state index is -4.12. The Morgan fingerprint density at radius 3 is 2.40 bits per heavy atom. The monoisotopic (exact) mass is 432 g/mol. The third-order valence-electron chi connectivity index (χ3n) is 4.16. The summed E-state index contributed by atoms with van der Waals surface area (Å²) in [5, 5.41) is 0. The second kappa shape index (κ2) is 9.00. The van der Waals surface area contributed by atoms with E-state index < -0.39 is 15.9 Å². The largest absolute Gasteiger partial charge is 0.467 e. The van der Waals surface area contributed by atoms with Gasteiger partial charge in [0.15, 0.2) is 0 Å². The van der Waals surface area contributed by atoms with E-state index in [0.717, 1.165) is 24.3 Å². The van der Waals surface area contributed by atoms with Crippen LogP contribution in [0.4, 0.5) is 9.18 Å². The van der Waals surface area contributed by atoms with Crippen molar-refractivity contribution in [2.45, 2.75) is 18.0 Å². The first-order valence-electron chi connectivity index (χ1n) is 9.02. The molecule has 0 saturated carbocycles. The van der Waals surface area contributed by atoms with Crippen LogP contribution in [0.5, 0.6) is 5.75 Å². The second-order valence-corrected chi connectivity index (χ2v) is 8.30. The molecule has 3 aromatic rings. The Morgan fingerprint density at radius 1 is 1.03 bits per heavy atom. The molecular weight excluding hydrogens is 411 g/mol. The van der Waals surface area contributed by atoms with Gasteiger partial charge in [0, 0.05) is 20.6 Å². The Morgan fingerprint density at radius 2 is 1.77 bits per heavy atom. The van der Waals surface area contributed by atoms with Crippen molar-refractivity contribution in [3.05, 3.63) is 84.1 Å². The minimum absolute atomic E-state index is 0.0899. The molecule has 0 saturated heterocycles. The van der Waals surface area contributed by atoms with E-state index in [2.05, 4.69) is 0 Å². The first-order chi connectivity index (χ1) is 14.2. The molecule has 0 unspecified atom stereocenters. The number of benzene rings is 2. The third-order valence-corrected chi connectivity index (χ3v) is 5.42. The van der Waals surface area contributed by atoms with Gasteiger partial charge in [-0.1, -0.05) is 12.1 Å². The number of carbonyl (C=O) groups excluding carboxylic acids is 1. The maximum atomic E-state index is 13.1. The number of hydrogen-bond donors (Lipinski definition) is 0. The van der Waals surface area contributed by atoms with E-state index in [4.69, 9.17) is 8.60 Å². The Balaban J connectivity index is 1.79. The van der Waals surface area contributed by atoms with Crippen LogP contribution in [-0.2, 0) is 23.2 Å². The molecule has 0 aliphatic heterocycles. The Hall–Kier alpha value is -3.33. The van der Waals surface area contributed by atoms with E-state index in [1.54, 1.807) is 49.3 Å². The number of nitrogens with zero attached hydrogens (tertiary/aromatic N) is 2. The Bertz CT molecular complexity index is 1100. The van der Waals surface area contributed by atoms with Gasteiger partial charge in [-0.25, -0.2) is 9.18 Å². The van der Waals surface area contributed by atoms with Gasteiger partial charge in [-0.05, 0) is 54.1 Å². The van der Waals surface area contributed by atoms with E-state index in [1.807, 2.05) is 0 Å². The van der Waals surface area contributed by atoms with E-state index in [1.165, 1.54) is 17.2 Å². The van der Waals surface area contributed by atoms with Crippen LogP contribution >= 0.6 is 0 Å². The second-order valence-electron chi connectivity index (χ2n) is 6.75. The lowest BCUT2D eigenvalue weighted by atomic mass is 10.2. The van der Waals surface area contributed by atoms with Gasteiger partial charge in [-0.3, -0.25) is 0 Å². The first-order valence-corrected chi connectivity index (χ1v) is 10.4. The van der Waals surface area contributed by atoms with Crippen molar-refractivity contribution in [1.82, 2.24) is 9.80 Å². The molecule has 1 heterocycles. The molecule has 158 valence electrons. The SMILES string of the molecule is CN(C)C(=O)N(Cc1cccc(OS(=O)(=O)c2ccc(F)cc2)c1)Cc1ccco1. The fraction of sp³-hybridized carbons (Fsp3) is 0.190. The van der Waals surface area contributed by atoms with Gasteiger partial charge >= 0.3 is 16.1 Å². The molecule has 0 bridgehead atoms. The number of carbonyl (C=O) groups is 1. The van der Waals surface area contributed by atoms with Crippen LogP contribution in [0.1, 0.15) is 11.3 Å². The molecule has 2 aromatic carbocycles. The van der Waals surface area contributed by atoms with E-state index in [-0.39, 0.29) is 29.8 Å². The van der Waals surface area contributed by atoms with Crippen LogP contribution in [-0.4, -0.2) is 38.3 Å². The molecule has 3 rings (SSSR count). The topological polar surface area (TPSA) is 80.1 Å². The molecule has 0 N–H and O–H groups in total. The van der Waals surface area contributed by atoms with Crippen molar-refractivity contribution < 1.29 is 26.2 Å². The van der Waals surface area contributed by atoms with Gasteiger partial charge < -0.3 is 18.4 Å². The average molecular weight is 432 g/mol. The quantitative estimate of drug-likeness (QED) is 0.530. The Kier molecular flexibility index (Phi) is 6.41. The van der Waals surface area contributed by atoms with Crippen molar-refractivity contribution in [2.75, 3.05) is 14.1 Å². The summed E-state index contributed by atoms with van der Waals surface area (Å²) in [5.41, 5.74) is 0.670. The zero-order valence-electron chi connectivity index (χ0n) is 16.5. The molecule has 7 nitrogen and oxygen atoms in total. The standard InChI is InChI=1S/C21H21FN2O5S/c1-23(2)21(25)24(15-19-7-4-12-28-19)14-16-5-3-6-18(13-16)29-30(26,27)20-10-8-17(22)9-11-20/h3-13H,14-15H2,1-2H3. The summed E-state index contributed by atoms with van der Waals surface area (Å²) >= 11 is 0. The van der Waals surface area contributed by atoms with Crippen molar-refractivity contribution in [1.29, 1.82) is 0 Å². The molecule has 0 radical (unpaired) electrons. The average Bonchev–Trinajstić information content (AvgIpc) is 3.20. The lowest BCUT2D eigenvalue weighted by Gasteiger charge is -2.25. The highest BCUT2D eigenvalue weighted by Crippen LogP contribution is 2.22. The van der Waals surface area contributed by atoms with Gasteiger partial charge in [0.2, 0.25) is 0 Å². The van der Waals surface area contributed by atoms with Crippen molar-refractivity contribution >= 4 is 16.1 Å². The number of halogens is 1. The van der Waals surface area contributed by atoms with Gasteiger partial charge in [0.05, 0.1) is 12.8 Å². The number of hydrogen-bond acceptors (Lipinski definition) is 5. The van der Waals surface area contributed by atoms with Crippen LogP contribution in [0.25, 0.3) is 0 Å². The zero-order valence-corrected chi connectivity index (χ0v) is 17.3. The molecule has 0 aliphatic rings. The molecule has 9 heteroatoms. The highest BCUT2D eigenvalue weighted by atomic mass is 32.2. The predicted octanol–water partition coefficient (Wildman–Crippen LogP) is 3.87. The van der Waals surface area contributed by atoms with Crippen LogP contribution in [0.15, 0.2) is 76.2 Å². The molecule has 30 heavy (non-hydrogen) atoms. The predicted molar refractivity (Wildman–Crippen MR) is 108 cm³/mol. The molecular formula is C21H21FN2O5S. The highest BCUT2D eigenvalue weighted by molar-refractivity contribution is 7.87. The first kappa shape index (κ1) is 21.4. The minimum Gasteiger partial charge on any atom is -0.467 e.